The normalized spacial score (nSPS) is 13.4. The van der Waals surface area contributed by atoms with Gasteiger partial charge in [-0.2, -0.15) is 0 Å². The summed E-state index contributed by atoms with van der Waals surface area (Å²) in [6, 6.07) is 2.13. The molecule has 1 heterocycles. The van der Waals surface area contributed by atoms with Gasteiger partial charge in [-0.05, 0) is 18.6 Å². The van der Waals surface area contributed by atoms with E-state index in [0.29, 0.717) is 5.92 Å². The third kappa shape index (κ3) is 2.35. The standard InChI is InChI=1S/C12H17N/c1-4-6-7-12-11(8-9-13-12)10(3)5-2/h4-6,8-10,13H,2,7H2,1,3H3/b6-4-. The van der Waals surface area contributed by atoms with Crippen LogP contribution in [-0.2, 0) is 6.42 Å². The second-order valence-electron chi connectivity index (χ2n) is 3.21. The van der Waals surface area contributed by atoms with Crippen molar-refractivity contribution in [2.24, 2.45) is 0 Å². The van der Waals surface area contributed by atoms with Crippen molar-refractivity contribution in [1.82, 2.24) is 4.98 Å². The number of hydrogen-bond donors (Lipinski definition) is 1. The Morgan fingerprint density at radius 3 is 3.00 bits per heavy atom. The Morgan fingerprint density at radius 2 is 2.38 bits per heavy atom. The number of aromatic amines is 1. The van der Waals surface area contributed by atoms with Gasteiger partial charge < -0.3 is 4.98 Å². The molecule has 70 valence electrons. The van der Waals surface area contributed by atoms with Gasteiger partial charge in [0, 0.05) is 24.2 Å². The Kier molecular flexibility index (Phi) is 3.56. The molecule has 0 amide bonds. The maximum absolute atomic E-state index is 3.81. The van der Waals surface area contributed by atoms with E-state index in [2.05, 4.69) is 36.7 Å². The molecule has 1 heteroatoms. The molecule has 0 aromatic carbocycles. The zero-order chi connectivity index (χ0) is 9.68. The van der Waals surface area contributed by atoms with Crippen LogP contribution in [0, 0.1) is 0 Å². The average Bonchev–Trinajstić information content (AvgIpc) is 2.61. The Labute approximate surface area is 80.2 Å². The minimum atomic E-state index is 0.437. The molecular weight excluding hydrogens is 158 g/mol. The van der Waals surface area contributed by atoms with Gasteiger partial charge in [-0.15, -0.1) is 6.58 Å². The molecule has 0 saturated heterocycles. The van der Waals surface area contributed by atoms with Gasteiger partial charge in [0.05, 0.1) is 0 Å². The summed E-state index contributed by atoms with van der Waals surface area (Å²) in [5.41, 5.74) is 2.65. The topological polar surface area (TPSA) is 15.8 Å². The molecule has 0 fully saturated rings. The van der Waals surface area contributed by atoms with E-state index in [1.54, 1.807) is 0 Å². The molecular formula is C12H17N. The van der Waals surface area contributed by atoms with E-state index >= 15 is 0 Å². The van der Waals surface area contributed by atoms with Crippen molar-refractivity contribution in [3.8, 4) is 0 Å². The van der Waals surface area contributed by atoms with E-state index in [1.165, 1.54) is 11.3 Å². The Balaban J connectivity index is 2.82. The predicted molar refractivity (Wildman–Crippen MR) is 57.9 cm³/mol. The molecule has 0 bridgehead atoms. The van der Waals surface area contributed by atoms with Crippen molar-refractivity contribution in [3.05, 3.63) is 48.3 Å². The summed E-state index contributed by atoms with van der Waals surface area (Å²) >= 11 is 0. The van der Waals surface area contributed by atoms with Crippen LogP contribution >= 0.6 is 0 Å². The molecule has 0 aliphatic heterocycles. The van der Waals surface area contributed by atoms with Crippen LogP contribution in [0.5, 0.6) is 0 Å². The fourth-order valence-corrected chi connectivity index (χ4v) is 1.38. The minimum absolute atomic E-state index is 0.437. The first-order chi connectivity index (χ1) is 6.29. The molecule has 0 aliphatic rings. The van der Waals surface area contributed by atoms with E-state index < -0.39 is 0 Å². The van der Waals surface area contributed by atoms with Crippen LogP contribution < -0.4 is 0 Å². The molecule has 0 spiro atoms. The molecule has 1 N–H and O–H groups in total. The van der Waals surface area contributed by atoms with Gasteiger partial charge in [-0.1, -0.05) is 25.2 Å². The Hall–Kier alpha value is -1.24. The van der Waals surface area contributed by atoms with Crippen LogP contribution in [-0.4, -0.2) is 4.98 Å². The molecule has 1 nitrogen and oxygen atoms in total. The fraction of sp³-hybridized carbons (Fsp3) is 0.333. The molecule has 1 aromatic rings. The molecule has 1 atom stereocenters. The molecule has 0 radical (unpaired) electrons. The number of rotatable bonds is 4. The molecule has 13 heavy (non-hydrogen) atoms. The van der Waals surface area contributed by atoms with Gasteiger partial charge in [0.2, 0.25) is 0 Å². The summed E-state index contributed by atoms with van der Waals surface area (Å²) in [5, 5.41) is 0. The Bertz CT molecular complexity index is 294. The lowest BCUT2D eigenvalue weighted by Gasteiger charge is -2.05. The maximum atomic E-state index is 3.81. The minimum Gasteiger partial charge on any atom is -0.364 e. The SMILES string of the molecule is C=CC(C)c1cc[nH]c1C/C=C\C. The zero-order valence-corrected chi connectivity index (χ0v) is 8.38. The summed E-state index contributed by atoms with van der Waals surface area (Å²) < 4.78 is 0. The lowest BCUT2D eigenvalue weighted by atomic mass is 10.0. The predicted octanol–water partition coefficient (Wildman–Crippen LogP) is 3.42. The third-order valence-electron chi connectivity index (χ3n) is 2.27. The van der Waals surface area contributed by atoms with Crippen molar-refractivity contribution >= 4 is 0 Å². The van der Waals surface area contributed by atoms with E-state index in [9.17, 15) is 0 Å². The fourth-order valence-electron chi connectivity index (χ4n) is 1.38. The van der Waals surface area contributed by atoms with E-state index in [1.807, 2.05) is 19.2 Å². The largest absolute Gasteiger partial charge is 0.364 e. The van der Waals surface area contributed by atoms with E-state index in [-0.39, 0.29) is 0 Å². The van der Waals surface area contributed by atoms with Crippen molar-refractivity contribution in [2.45, 2.75) is 26.2 Å². The highest BCUT2D eigenvalue weighted by Crippen LogP contribution is 2.20. The first kappa shape index (κ1) is 9.85. The molecule has 0 saturated carbocycles. The first-order valence-electron chi connectivity index (χ1n) is 4.69. The highest BCUT2D eigenvalue weighted by atomic mass is 14.7. The van der Waals surface area contributed by atoms with Crippen LogP contribution in [0.2, 0.25) is 0 Å². The summed E-state index contributed by atoms with van der Waals surface area (Å²) in [4.78, 5) is 3.26. The highest BCUT2D eigenvalue weighted by molar-refractivity contribution is 5.28. The van der Waals surface area contributed by atoms with Gasteiger partial charge >= 0.3 is 0 Å². The maximum Gasteiger partial charge on any atom is 0.0223 e. The van der Waals surface area contributed by atoms with Crippen LogP contribution in [0.25, 0.3) is 0 Å². The van der Waals surface area contributed by atoms with Crippen molar-refractivity contribution < 1.29 is 0 Å². The van der Waals surface area contributed by atoms with Crippen molar-refractivity contribution in [1.29, 1.82) is 0 Å². The van der Waals surface area contributed by atoms with E-state index in [4.69, 9.17) is 0 Å². The quantitative estimate of drug-likeness (QED) is 0.675. The second kappa shape index (κ2) is 4.70. The number of H-pyrrole nitrogens is 1. The summed E-state index contributed by atoms with van der Waals surface area (Å²) in [6.07, 6.45) is 9.18. The van der Waals surface area contributed by atoms with Gasteiger partial charge in [-0.25, -0.2) is 0 Å². The monoisotopic (exact) mass is 175 g/mol. The van der Waals surface area contributed by atoms with Gasteiger partial charge in [0.15, 0.2) is 0 Å². The van der Waals surface area contributed by atoms with Crippen LogP contribution in [0.3, 0.4) is 0 Å². The number of hydrogen-bond acceptors (Lipinski definition) is 0. The van der Waals surface area contributed by atoms with Crippen molar-refractivity contribution in [2.75, 3.05) is 0 Å². The summed E-state index contributed by atoms with van der Waals surface area (Å²) in [6.45, 7) is 8.01. The summed E-state index contributed by atoms with van der Waals surface area (Å²) in [5.74, 6) is 0.437. The third-order valence-corrected chi connectivity index (χ3v) is 2.27. The molecule has 0 aliphatic carbocycles. The Morgan fingerprint density at radius 1 is 1.62 bits per heavy atom. The van der Waals surface area contributed by atoms with Crippen LogP contribution in [0.15, 0.2) is 37.1 Å². The molecule has 1 unspecified atom stereocenters. The highest BCUT2D eigenvalue weighted by Gasteiger charge is 2.06. The second-order valence-corrected chi connectivity index (χ2v) is 3.21. The lowest BCUT2D eigenvalue weighted by molar-refractivity contribution is 0.939. The molecule has 1 aromatic heterocycles. The van der Waals surface area contributed by atoms with Gasteiger partial charge in [0.25, 0.3) is 0 Å². The average molecular weight is 175 g/mol. The smallest absolute Gasteiger partial charge is 0.0223 e. The van der Waals surface area contributed by atoms with Crippen molar-refractivity contribution in [3.63, 3.8) is 0 Å². The zero-order valence-electron chi connectivity index (χ0n) is 8.38. The first-order valence-corrected chi connectivity index (χ1v) is 4.69. The van der Waals surface area contributed by atoms with Crippen LogP contribution in [0.1, 0.15) is 31.0 Å². The number of nitrogens with one attached hydrogen (secondary N) is 1. The number of allylic oxidation sites excluding steroid dienone is 3. The number of aromatic nitrogens is 1. The van der Waals surface area contributed by atoms with Gasteiger partial charge in [0.1, 0.15) is 0 Å². The lowest BCUT2D eigenvalue weighted by Crippen LogP contribution is -1.92. The van der Waals surface area contributed by atoms with Crippen LogP contribution in [0.4, 0.5) is 0 Å². The van der Waals surface area contributed by atoms with E-state index in [0.717, 1.165) is 6.42 Å². The molecule has 1 rings (SSSR count). The van der Waals surface area contributed by atoms with Gasteiger partial charge in [-0.3, -0.25) is 0 Å². The summed E-state index contributed by atoms with van der Waals surface area (Å²) in [7, 11) is 0.